The Bertz CT molecular complexity index is 418. The van der Waals surface area contributed by atoms with Crippen molar-refractivity contribution in [2.24, 2.45) is 0 Å². The summed E-state index contributed by atoms with van der Waals surface area (Å²) < 4.78 is 43.8. The topological polar surface area (TPSA) is 38.7 Å². The van der Waals surface area contributed by atoms with Crippen molar-refractivity contribution in [2.45, 2.75) is 25.3 Å². The number of aryl methyl sites for hydroxylation is 1. The molecule has 1 atom stereocenters. The summed E-state index contributed by atoms with van der Waals surface area (Å²) in [5.74, 6) is 0.494. The van der Waals surface area contributed by atoms with E-state index in [9.17, 15) is 18.3 Å². The van der Waals surface area contributed by atoms with Gasteiger partial charge in [0.2, 0.25) is 0 Å². The molecule has 0 amide bonds. The van der Waals surface area contributed by atoms with Gasteiger partial charge in [0.15, 0.2) is 0 Å². The highest BCUT2D eigenvalue weighted by atomic mass is 19.4. The van der Waals surface area contributed by atoms with Crippen LogP contribution in [0.4, 0.5) is 13.2 Å². The fraction of sp³-hybridized carbons (Fsp3) is 0.500. The van der Waals surface area contributed by atoms with Gasteiger partial charge in [0, 0.05) is 0 Å². The number of ether oxygens (including phenoxy) is 2. The van der Waals surface area contributed by atoms with Crippen LogP contribution in [-0.4, -0.2) is 24.7 Å². The average molecular weight is 262 g/mol. The molecular formula is C12H13F3O3. The summed E-state index contributed by atoms with van der Waals surface area (Å²) in [4.78, 5) is 0. The van der Waals surface area contributed by atoms with E-state index >= 15 is 0 Å². The summed E-state index contributed by atoms with van der Waals surface area (Å²) in [6.07, 6.45) is -3.63. The molecule has 1 aromatic carbocycles. The van der Waals surface area contributed by atoms with E-state index in [1.165, 1.54) is 0 Å². The summed E-state index contributed by atoms with van der Waals surface area (Å²) in [6, 6.07) is 5.13. The molecule has 0 saturated heterocycles. The van der Waals surface area contributed by atoms with E-state index in [0.717, 1.165) is 17.5 Å². The molecule has 0 unspecified atom stereocenters. The fourth-order valence-electron chi connectivity index (χ4n) is 1.98. The molecule has 3 nitrogen and oxygen atoms in total. The Kier molecular flexibility index (Phi) is 3.77. The van der Waals surface area contributed by atoms with Crippen LogP contribution in [-0.2, 0) is 11.2 Å². The smallest absolute Gasteiger partial charge is 0.491 e. The molecule has 0 radical (unpaired) electrons. The van der Waals surface area contributed by atoms with Gasteiger partial charge in [0.25, 0.3) is 0 Å². The minimum atomic E-state index is -4.62. The van der Waals surface area contributed by atoms with Crippen LogP contribution >= 0.6 is 0 Å². The van der Waals surface area contributed by atoms with Crippen LogP contribution in [0.5, 0.6) is 5.75 Å². The number of halogens is 3. The normalized spacial score (nSPS) is 18.8. The molecule has 0 aromatic heterocycles. The Hall–Kier alpha value is -1.27. The maximum Gasteiger partial charge on any atom is 0.522 e. The van der Waals surface area contributed by atoms with Crippen LogP contribution in [0.15, 0.2) is 18.2 Å². The first-order chi connectivity index (χ1) is 8.46. The number of rotatable bonds is 4. The Balaban J connectivity index is 1.84. The van der Waals surface area contributed by atoms with Gasteiger partial charge in [-0.3, -0.25) is 4.74 Å². The third-order valence-corrected chi connectivity index (χ3v) is 2.78. The zero-order valence-corrected chi connectivity index (χ0v) is 9.54. The van der Waals surface area contributed by atoms with Gasteiger partial charge >= 0.3 is 6.36 Å². The molecule has 100 valence electrons. The van der Waals surface area contributed by atoms with Crippen LogP contribution in [0.3, 0.4) is 0 Å². The molecule has 0 fully saturated rings. The number of alkyl halides is 3. The van der Waals surface area contributed by atoms with E-state index in [1.54, 1.807) is 18.2 Å². The maximum atomic E-state index is 11.7. The maximum absolute atomic E-state index is 11.7. The highest BCUT2D eigenvalue weighted by molar-refractivity contribution is 5.39. The molecule has 1 N–H and O–H groups in total. The predicted octanol–water partition coefficient (Wildman–Crippen LogP) is 2.58. The van der Waals surface area contributed by atoms with Crippen molar-refractivity contribution in [2.75, 3.05) is 13.2 Å². The van der Waals surface area contributed by atoms with Crippen molar-refractivity contribution in [1.82, 2.24) is 0 Å². The zero-order valence-electron chi connectivity index (χ0n) is 9.54. The molecule has 1 aliphatic rings. The van der Waals surface area contributed by atoms with E-state index in [4.69, 9.17) is 4.74 Å². The van der Waals surface area contributed by atoms with Gasteiger partial charge in [0.05, 0.1) is 12.7 Å². The molecule has 1 aromatic rings. The first-order valence-corrected chi connectivity index (χ1v) is 5.60. The lowest BCUT2D eigenvalue weighted by molar-refractivity contribution is -0.325. The quantitative estimate of drug-likeness (QED) is 0.848. The standard InChI is InChI=1S/C12H13F3O3/c13-12(14,15)18-6-5-17-9-2-3-10-8(7-9)1-4-11(10)16/h2-3,7,11,16H,1,4-6H2/t11-/m0/s1. The highest BCUT2D eigenvalue weighted by Gasteiger charge is 2.28. The third-order valence-electron chi connectivity index (χ3n) is 2.78. The van der Waals surface area contributed by atoms with E-state index in [2.05, 4.69) is 4.74 Å². The second-order valence-corrected chi connectivity index (χ2v) is 4.06. The second-order valence-electron chi connectivity index (χ2n) is 4.06. The lowest BCUT2D eigenvalue weighted by atomic mass is 10.1. The van der Waals surface area contributed by atoms with Gasteiger partial charge in [-0.1, -0.05) is 6.07 Å². The Morgan fingerprint density at radius 2 is 2.06 bits per heavy atom. The number of fused-ring (bicyclic) bond motifs is 1. The number of benzene rings is 1. The largest absolute Gasteiger partial charge is 0.522 e. The van der Waals surface area contributed by atoms with Gasteiger partial charge < -0.3 is 9.84 Å². The number of aliphatic hydroxyl groups is 1. The van der Waals surface area contributed by atoms with Crippen molar-refractivity contribution in [3.63, 3.8) is 0 Å². The van der Waals surface area contributed by atoms with Crippen LogP contribution in [0.1, 0.15) is 23.7 Å². The van der Waals surface area contributed by atoms with Crippen molar-refractivity contribution < 1.29 is 27.8 Å². The second kappa shape index (κ2) is 5.16. The van der Waals surface area contributed by atoms with Crippen molar-refractivity contribution >= 4 is 0 Å². The number of hydrogen-bond acceptors (Lipinski definition) is 3. The van der Waals surface area contributed by atoms with Crippen LogP contribution < -0.4 is 4.74 Å². The van der Waals surface area contributed by atoms with Gasteiger partial charge in [-0.05, 0) is 36.1 Å². The highest BCUT2D eigenvalue weighted by Crippen LogP contribution is 2.33. The van der Waals surface area contributed by atoms with Crippen molar-refractivity contribution in [1.29, 1.82) is 0 Å². The molecule has 0 saturated carbocycles. The van der Waals surface area contributed by atoms with E-state index in [-0.39, 0.29) is 6.61 Å². The van der Waals surface area contributed by atoms with Crippen molar-refractivity contribution in [3.8, 4) is 5.75 Å². The Labute approximate surface area is 102 Å². The zero-order chi connectivity index (χ0) is 13.2. The number of hydrogen-bond donors (Lipinski definition) is 1. The summed E-state index contributed by atoms with van der Waals surface area (Å²) >= 11 is 0. The molecular weight excluding hydrogens is 249 g/mol. The molecule has 18 heavy (non-hydrogen) atoms. The fourth-order valence-corrected chi connectivity index (χ4v) is 1.98. The lowest BCUT2D eigenvalue weighted by Crippen LogP contribution is -2.18. The van der Waals surface area contributed by atoms with Gasteiger partial charge in [0.1, 0.15) is 12.4 Å². The summed E-state index contributed by atoms with van der Waals surface area (Å²) in [7, 11) is 0. The Morgan fingerprint density at radius 3 is 2.78 bits per heavy atom. The summed E-state index contributed by atoms with van der Waals surface area (Å²) in [5, 5.41) is 9.59. The molecule has 6 heteroatoms. The van der Waals surface area contributed by atoms with Crippen molar-refractivity contribution in [3.05, 3.63) is 29.3 Å². The first-order valence-electron chi connectivity index (χ1n) is 5.60. The van der Waals surface area contributed by atoms with Gasteiger partial charge in [-0.15, -0.1) is 13.2 Å². The van der Waals surface area contributed by atoms with E-state index < -0.39 is 19.1 Å². The van der Waals surface area contributed by atoms with Crippen LogP contribution in [0.25, 0.3) is 0 Å². The monoisotopic (exact) mass is 262 g/mol. The molecule has 1 aliphatic carbocycles. The van der Waals surface area contributed by atoms with Crippen LogP contribution in [0.2, 0.25) is 0 Å². The van der Waals surface area contributed by atoms with E-state index in [1.807, 2.05) is 0 Å². The molecule has 0 bridgehead atoms. The lowest BCUT2D eigenvalue weighted by Gasteiger charge is -2.10. The molecule has 0 aliphatic heterocycles. The molecule has 2 rings (SSSR count). The van der Waals surface area contributed by atoms with E-state index in [0.29, 0.717) is 12.2 Å². The average Bonchev–Trinajstić information content (AvgIpc) is 2.65. The molecule has 0 spiro atoms. The Morgan fingerprint density at radius 1 is 1.28 bits per heavy atom. The van der Waals surface area contributed by atoms with Gasteiger partial charge in [-0.25, -0.2) is 0 Å². The number of aliphatic hydroxyl groups excluding tert-OH is 1. The summed E-state index contributed by atoms with van der Waals surface area (Å²) in [5.41, 5.74) is 1.85. The predicted molar refractivity (Wildman–Crippen MR) is 57.2 cm³/mol. The minimum absolute atomic E-state index is 0.166. The SMILES string of the molecule is O[C@H]1CCc2cc(OCCOC(F)(F)F)ccc21. The van der Waals surface area contributed by atoms with Crippen LogP contribution in [0, 0.1) is 0 Å². The third kappa shape index (κ3) is 3.36. The summed E-state index contributed by atoms with van der Waals surface area (Å²) in [6.45, 7) is -0.704. The molecule has 0 heterocycles. The first kappa shape index (κ1) is 13.2. The van der Waals surface area contributed by atoms with Gasteiger partial charge in [-0.2, -0.15) is 0 Å². The minimum Gasteiger partial charge on any atom is -0.491 e.